The lowest BCUT2D eigenvalue weighted by Gasteiger charge is -2.47. The molecule has 0 saturated carbocycles. The first kappa shape index (κ1) is 27.6. The van der Waals surface area contributed by atoms with Crippen molar-refractivity contribution < 1.29 is 4.79 Å². The Labute approximate surface area is 235 Å². The van der Waals surface area contributed by atoms with E-state index < -0.39 is 0 Å². The molecule has 1 unspecified atom stereocenters. The molecule has 4 nitrogen and oxygen atoms in total. The van der Waals surface area contributed by atoms with Crippen LogP contribution in [-0.2, 0) is 4.79 Å². The average molecular weight is 524 g/mol. The summed E-state index contributed by atoms with van der Waals surface area (Å²) in [5, 5.41) is 0. The predicted octanol–water partition coefficient (Wildman–Crippen LogP) is 6.60. The molecule has 39 heavy (non-hydrogen) atoms. The van der Waals surface area contributed by atoms with Crippen molar-refractivity contribution >= 4 is 5.91 Å². The van der Waals surface area contributed by atoms with Crippen molar-refractivity contribution in [1.29, 1.82) is 0 Å². The van der Waals surface area contributed by atoms with Crippen molar-refractivity contribution in [2.45, 2.75) is 57.5 Å². The summed E-state index contributed by atoms with van der Waals surface area (Å²) < 4.78 is 0. The number of carbonyl (C=O) groups is 1. The monoisotopic (exact) mass is 523 g/mol. The molecule has 0 N–H and O–H groups in total. The van der Waals surface area contributed by atoms with Crippen molar-refractivity contribution in [1.82, 2.24) is 14.7 Å². The van der Waals surface area contributed by atoms with Crippen molar-refractivity contribution in [3.8, 4) is 0 Å². The van der Waals surface area contributed by atoms with Crippen LogP contribution in [0.4, 0.5) is 0 Å². The normalized spacial score (nSPS) is 18.8. The summed E-state index contributed by atoms with van der Waals surface area (Å²) in [5.74, 6) is 0.937. The molecule has 3 aromatic rings. The number of hydrogen-bond donors (Lipinski definition) is 0. The van der Waals surface area contributed by atoms with Gasteiger partial charge in [-0.05, 0) is 56.2 Å². The summed E-state index contributed by atoms with van der Waals surface area (Å²) >= 11 is 0. The van der Waals surface area contributed by atoms with Gasteiger partial charge in [-0.25, -0.2) is 0 Å². The van der Waals surface area contributed by atoms with Crippen molar-refractivity contribution in [2.24, 2.45) is 5.92 Å². The standard InChI is InChI=1S/C35H45N3O/c1-35(2,3)38-25-23-37(24-26-38)34(30-17-11-6-12-18-30)31-19-21-36(22-20-31)33(39)27-32(28-13-7-4-8-14-28)29-15-9-5-10-16-29/h4-18,31-32,34H,19-27H2,1-3H3. The van der Waals surface area contributed by atoms with Crippen LogP contribution in [0.2, 0.25) is 0 Å². The molecule has 0 aromatic heterocycles. The number of carbonyl (C=O) groups excluding carboxylic acids is 1. The van der Waals surface area contributed by atoms with Gasteiger partial charge in [0.2, 0.25) is 5.91 Å². The van der Waals surface area contributed by atoms with Crippen LogP contribution in [0.15, 0.2) is 91.0 Å². The molecule has 3 aromatic carbocycles. The van der Waals surface area contributed by atoms with E-state index in [0.29, 0.717) is 18.4 Å². The van der Waals surface area contributed by atoms with Gasteiger partial charge in [-0.3, -0.25) is 14.6 Å². The number of hydrogen-bond acceptors (Lipinski definition) is 3. The first-order valence-corrected chi connectivity index (χ1v) is 14.8. The van der Waals surface area contributed by atoms with Gasteiger partial charge in [0.25, 0.3) is 0 Å². The van der Waals surface area contributed by atoms with E-state index in [1.54, 1.807) is 0 Å². The van der Waals surface area contributed by atoms with Crippen LogP contribution < -0.4 is 0 Å². The Balaban J connectivity index is 1.26. The van der Waals surface area contributed by atoms with Crippen molar-refractivity contribution in [2.75, 3.05) is 39.3 Å². The molecule has 2 heterocycles. The Kier molecular flexibility index (Phi) is 8.84. The Morgan fingerprint density at radius 2 is 1.15 bits per heavy atom. The van der Waals surface area contributed by atoms with Gasteiger partial charge in [-0.15, -0.1) is 0 Å². The molecule has 5 rings (SSSR count). The van der Waals surface area contributed by atoms with Crippen LogP contribution in [0.5, 0.6) is 0 Å². The fourth-order valence-corrected chi connectivity index (χ4v) is 6.67. The van der Waals surface area contributed by atoms with E-state index >= 15 is 0 Å². The third-order valence-corrected chi connectivity index (χ3v) is 8.92. The highest BCUT2D eigenvalue weighted by molar-refractivity contribution is 5.78. The summed E-state index contributed by atoms with van der Waals surface area (Å²) in [5.41, 5.74) is 4.08. The van der Waals surface area contributed by atoms with Gasteiger partial charge in [-0.2, -0.15) is 0 Å². The molecular formula is C35H45N3O. The molecule has 1 amide bonds. The maximum Gasteiger partial charge on any atom is 0.223 e. The average Bonchev–Trinajstić information content (AvgIpc) is 2.97. The first-order valence-electron chi connectivity index (χ1n) is 14.8. The lowest BCUT2D eigenvalue weighted by molar-refractivity contribution is -0.133. The number of amides is 1. The minimum absolute atomic E-state index is 0.0915. The van der Waals surface area contributed by atoms with E-state index in [0.717, 1.165) is 52.1 Å². The minimum Gasteiger partial charge on any atom is -0.343 e. The second-order valence-corrected chi connectivity index (χ2v) is 12.3. The van der Waals surface area contributed by atoms with Gasteiger partial charge >= 0.3 is 0 Å². The highest BCUT2D eigenvalue weighted by Crippen LogP contribution is 2.37. The van der Waals surface area contributed by atoms with E-state index in [9.17, 15) is 4.79 Å². The molecule has 0 aliphatic carbocycles. The van der Waals surface area contributed by atoms with Crippen LogP contribution >= 0.6 is 0 Å². The molecule has 0 radical (unpaired) electrons. The Morgan fingerprint density at radius 1 is 0.692 bits per heavy atom. The van der Waals surface area contributed by atoms with Crippen LogP contribution in [0.25, 0.3) is 0 Å². The van der Waals surface area contributed by atoms with E-state index in [4.69, 9.17) is 0 Å². The quantitative estimate of drug-likeness (QED) is 0.349. The van der Waals surface area contributed by atoms with Crippen molar-refractivity contribution in [3.05, 3.63) is 108 Å². The summed E-state index contributed by atoms with van der Waals surface area (Å²) in [6.07, 6.45) is 2.65. The number of piperazine rings is 1. The zero-order valence-corrected chi connectivity index (χ0v) is 24.0. The number of benzene rings is 3. The molecule has 2 aliphatic rings. The third-order valence-electron chi connectivity index (χ3n) is 8.92. The van der Waals surface area contributed by atoms with Crippen LogP contribution in [0, 0.1) is 5.92 Å². The predicted molar refractivity (Wildman–Crippen MR) is 161 cm³/mol. The van der Waals surface area contributed by atoms with Gasteiger partial charge in [0.15, 0.2) is 0 Å². The number of likely N-dealkylation sites (tertiary alicyclic amines) is 1. The van der Waals surface area contributed by atoms with Gasteiger partial charge in [0, 0.05) is 63.2 Å². The second kappa shape index (κ2) is 12.5. The van der Waals surface area contributed by atoms with Crippen LogP contribution in [0.1, 0.15) is 68.7 Å². The van der Waals surface area contributed by atoms with Crippen molar-refractivity contribution in [3.63, 3.8) is 0 Å². The fourth-order valence-electron chi connectivity index (χ4n) is 6.67. The van der Waals surface area contributed by atoms with E-state index in [2.05, 4.69) is 114 Å². The molecule has 2 saturated heterocycles. The number of rotatable bonds is 7. The van der Waals surface area contributed by atoms with Gasteiger partial charge in [0.1, 0.15) is 0 Å². The third kappa shape index (κ3) is 6.80. The second-order valence-electron chi connectivity index (χ2n) is 12.3. The highest BCUT2D eigenvalue weighted by atomic mass is 16.2. The summed E-state index contributed by atoms with van der Waals surface area (Å²) in [7, 11) is 0. The minimum atomic E-state index is 0.0915. The molecular weight excluding hydrogens is 478 g/mol. The molecule has 0 spiro atoms. The van der Waals surface area contributed by atoms with Gasteiger partial charge in [0.05, 0.1) is 0 Å². The van der Waals surface area contributed by atoms with Crippen LogP contribution in [-0.4, -0.2) is 65.4 Å². The number of nitrogens with zero attached hydrogens (tertiary/aromatic N) is 3. The van der Waals surface area contributed by atoms with Gasteiger partial charge in [-0.1, -0.05) is 91.0 Å². The summed E-state index contributed by atoms with van der Waals surface area (Å²) in [6, 6.07) is 32.5. The highest BCUT2D eigenvalue weighted by Gasteiger charge is 2.36. The SMILES string of the molecule is CC(C)(C)N1CCN(C(c2ccccc2)C2CCN(C(=O)CC(c3ccccc3)c3ccccc3)CC2)CC1. The van der Waals surface area contributed by atoms with Crippen LogP contribution in [0.3, 0.4) is 0 Å². The topological polar surface area (TPSA) is 26.8 Å². The fraction of sp³-hybridized carbons (Fsp3) is 0.457. The molecule has 1 atom stereocenters. The Morgan fingerprint density at radius 3 is 1.62 bits per heavy atom. The molecule has 206 valence electrons. The first-order chi connectivity index (χ1) is 18.9. The Bertz CT molecular complexity index is 1120. The molecule has 2 fully saturated rings. The zero-order chi connectivity index (χ0) is 27.2. The zero-order valence-electron chi connectivity index (χ0n) is 24.0. The van der Waals surface area contributed by atoms with E-state index in [1.807, 2.05) is 12.1 Å². The molecule has 0 bridgehead atoms. The number of piperidine rings is 1. The maximum absolute atomic E-state index is 13.6. The lowest BCUT2D eigenvalue weighted by Crippen LogP contribution is -2.55. The summed E-state index contributed by atoms with van der Waals surface area (Å²) in [4.78, 5) is 21.1. The van der Waals surface area contributed by atoms with Gasteiger partial charge < -0.3 is 4.90 Å². The Hall–Kier alpha value is -2.95. The molecule has 2 aliphatic heterocycles. The lowest BCUT2D eigenvalue weighted by atomic mass is 9.83. The smallest absolute Gasteiger partial charge is 0.223 e. The van der Waals surface area contributed by atoms with E-state index in [-0.39, 0.29) is 17.4 Å². The maximum atomic E-state index is 13.6. The molecule has 4 heteroatoms. The largest absolute Gasteiger partial charge is 0.343 e. The summed E-state index contributed by atoms with van der Waals surface area (Å²) in [6.45, 7) is 13.1. The van der Waals surface area contributed by atoms with E-state index in [1.165, 1.54) is 16.7 Å².